The van der Waals surface area contributed by atoms with Crippen molar-refractivity contribution < 1.29 is 0 Å². The zero-order valence-corrected chi connectivity index (χ0v) is 9.13. The van der Waals surface area contributed by atoms with Crippen LogP contribution in [0.15, 0.2) is 18.2 Å². The van der Waals surface area contributed by atoms with Gasteiger partial charge in [0, 0.05) is 0 Å². The molecule has 0 fully saturated rings. The summed E-state index contributed by atoms with van der Waals surface area (Å²) in [5.74, 6) is 0. The Balaban J connectivity index is 3.26. The van der Waals surface area contributed by atoms with E-state index in [-0.39, 0.29) is 0 Å². The molecule has 0 aromatic heterocycles. The molecule has 1 aromatic carbocycles. The van der Waals surface area contributed by atoms with Gasteiger partial charge in [-0.2, -0.15) is 0 Å². The first-order chi connectivity index (χ1) is 5.43. The average Bonchev–Trinajstić information content (AvgIpc) is 1.92. The highest BCUT2D eigenvalue weighted by Crippen LogP contribution is 2.36. The third kappa shape index (κ3) is 2.07. The molecule has 0 aliphatic heterocycles. The lowest BCUT2D eigenvalue weighted by molar-refractivity contribution is 0.766. The molecular formula is C9H9Cl3. The van der Waals surface area contributed by atoms with Crippen LogP contribution in [-0.4, -0.2) is 0 Å². The number of halogens is 3. The Morgan fingerprint density at radius 2 is 1.75 bits per heavy atom. The maximum absolute atomic E-state index is 6.09. The fourth-order valence-corrected chi connectivity index (χ4v) is 1.71. The third-order valence-electron chi connectivity index (χ3n) is 1.59. The summed E-state index contributed by atoms with van der Waals surface area (Å²) < 4.78 is 0. The minimum Gasteiger partial charge on any atom is -0.115 e. The van der Waals surface area contributed by atoms with Gasteiger partial charge in [0.25, 0.3) is 0 Å². The van der Waals surface area contributed by atoms with Crippen molar-refractivity contribution in [1.29, 1.82) is 0 Å². The van der Waals surface area contributed by atoms with Gasteiger partial charge in [0.1, 0.15) is 0 Å². The Labute approximate surface area is 87.4 Å². The molecule has 0 aliphatic rings. The molecule has 0 atom stereocenters. The van der Waals surface area contributed by atoms with Gasteiger partial charge in [0.05, 0.1) is 14.9 Å². The van der Waals surface area contributed by atoms with Gasteiger partial charge >= 0.3 is 0 Å². The second-order valence-corrected chi connectivity index (χ2v) is 4.80. The summed E-state index contributed by atoms with van der Waals surface area (Å²) in [6, 6.07) is 5.46. The van der Waals surface area contributed by atoms with Crippen molar-refractivity contribution in [2.24, 2.45) is 0 Å². The highest BCUT2D eigenvalue weighted by Gasteiger charge is 2.20. The van der Waals surface area contributed by atoms with Crippen LogP contribution in [0.4, 0.5) is 0 Å². The number of benzene rings is 1. The van der Waals surface area contributed by atoms with Gasteiger partial charge < -0.3 is 0 Å². The Bertz CT molecular complexity index is 286. The molecule has 12 heavy (non-hydrogen) atoms. The Hall–Kier alpha value is 0.0900. The van der Waals surface area contributed by atoms with Crippen LogP contribution in [0.5, 0.6) is 0 Å². The summed E-state index contributed by atoms with van der Waals surface area (Å²) in [6.45, 7) is 3.76. The Morgan fingerprint density at radius 3 is 2.17 bits per heavy atom. The van der Waals surface area contributed by atoms with Crippen molar-refractivity contribution in [3.05, 3.63) is 33.8 Å². The molecule has 0 radical (unpaired) electrons. The van der Waals surface area contributed by atoms with E-state index in [1.165, 1.54) is 0 Å². The fraction of sp³-hybridized carbons (Fsp3) is 0.333. The standard InChI is InChI=1S/C9H9Cl3/c1-9(2,12)6-4-3-5-7(10)8(6)11/h3-5H,1-2H3. The maximum Gasteiger partial charge on any atom is 0.0653 e. The van der Waals surface area contributed by atoms with E-state index < -0.39 is 4.87 Å². The first-order valence-electron chi connectivity index (χ1n) is 3.56. The predicted octanol–water partition coefficient (Wildman–Crippen LogP) is 4.47. The van der Waals surface area contributed by atoms with Crippen molar-refractivity contribution in [3.8, 4) is 0 Å². The molecule has 1 aromatic rings. The minimum absolute atomic E-state index is 0.470. The topological polar surface area (TPSA) is 0 Å². The van der Waals surface area contributed by atoms with Crippen LogP contribution in [0, 0.1) is 0 Å². The highest BCUT2D eigenvalue weighted by atomic mass is 35.5. The van der Waals surface area contributed by atoms with E-state index in [0.717, 1.165) is 5.56 Å². The van der Waals surface area contributed by atoms with Gasteiger partial charge in [-0.25, -0.2) is 0 Å². The highest BCUT2D eigenvalue weighted by molar-refractivity contribution is 6.43. The van der Waals surface area contributed by atoms with Crippen molar-refractivity contribution in [3.63, 3.8) is 0 Å². The van der Waals surface area contributed by atoms with Gasteiger partial charge in [-0.1, -0.05) is 35.3 Å². The lowest BCUT2D eigenvalue weighted by Crippen LogP contribution is -2.07. The molecule has 0 unspecified atom stereocenters. The normalized spacial score (nSPS) is 11.8. The summed E-state index contributed by atoms with van der Waals surface area (Å²) >= 11 is 17.9. The lowest BCUT2D eigenvalue weighted by Gasteiger charge is -2.18. The van der Waals surface area contributed by atoms with Crippen molar-refractivity contribution >= 4 is 34.8 Å². The average molecular weight is 224 g/mol. The van der Waals surface area contributed by atoms with Crippen molar-refractivity contribution in [2.75, 3.05) is 0 Å². The van der Waals surface area contributed by atoms with E-state index >= 15 is 0 Å². The summed E-state index contributed by atoms with van der Waals surface area (Å²) in [5.41, 5.74) is 0.860. The molecule has 0 nitrogen and oxygen atoms in total. The van der Waals surface area contributed by atoms with Crippen LogP contribution in [-0.2, 0) is 4.87 Å². The second kappa shape index (κ2) is 3.45. The molecule has 0 aliphatic carbocycles. The van der Waals surface area contributed by atoms with Crippen LogP contribution in [0.2, 0.25) is 10.0 Å². The van der Waals surface area contributed by atoms with Gasteiger partial charge in [-0.3, -0.25) is 0 Å². The monoisotopic (exact) mass is 222 g/mol. The third-order valence-corrected chi connectivity index (χ3v) is 2.61. The maximum atomic E-state index is 6.09. The molecule has 66 valence electrons. The van der Waals surface area contributed by atoms with Gasteiger partial charge in [-0.15, -0.1) is 11.6 Å². The largest absolute Gasteiger partial charge is 0.115 e. The van der Waals surface area contributed by atoms with E-state index in [1.807, 2.05) is 26.0 Å². The second-order valence-electron chi connectivity index (χ2n) is 3.07. The summed E-state index contributed by atoms with van der Waals surface area (Å²) in [6.07, 6.45) is 0. The molecule has 0 amide bonds. The molecular weight excluding hydrogens is 214 g/mol. The van der Waals surface area contributed by atoms with E-state index in [9.17, 15) is 0 Å². The molecule has 0 spiro atoms. The van der Waals surface area contributed by atoms with Gasteiger partial charge in [0.2, 0.25) is 0 Å². The molecule has 0 N–H and O–H groups in total. The first kappa shape index (κ1) is 10.2. The summed E-state index contributed by atoms with van der Waals surface area (Å²) in [5, 5.41) is 1.09. The van der Waals surface area contributed by atoms with Gasteiger partial charge in [-0.05, 0) is 25.5 Å². The molecule has 0 saturated carbocycles. The molecule has 0 heterocycles. The minimum atomic E-state index is -0.470. The smallest absolute Gasteiger partial charge is 0.0653 e. The molecule has 3 heteroatoms. The number of alkyl halides is 1. The summed E-state index contributed by atoms with van der Waals surface area (Å²) in [4.78, 5) is -0.470. The fourth-order valence-electron chi connectivity index (χ4n) is 0.963. The van der Waals surface area contributed by atoms with E-state index in [2.05, 4.69) is 0 Å². The van der Waals surface area contributed by atoms with E-state index in [1.54, 1.807) is 6.07 Å². The van der Waals surface area contributed by atoms with Crippen molar-refractivity contribution in [2.45, 2.75) is 18.7 Å². The van der Waals surface area contributed by atoms with Crippen LogP contribution in [0.25, 0.3) is 0 Å². The molecule has 0 bridgehead atoms. The number of hydrogen-bond acceptors (Lipinski definition) is 0. The van der Waals surface area contributed by atoms with Crippen LogP contribution < -0.4 is 0 Å². The summed E-state index contributed by atoms with van der Waals surface area (Å²) in [7, 11) is 0. The Morgan fingerprint density at radius 1 is 1.17 bits per heavy atom. The van der Waals surface area contributed by atoms with E-state index in [0.29, 0.717) is 10.0 Å². The van der Waals surface area contributed by atoms with Crippen LogP contribution >= 0.6 is 34.8 Å². The van der Waals surface area contributed by atoms with Crippen LogP contribution in [0.3, 0.4) is 0 Å². The number of rotatable bonds is 1. The zero-order chi connectivity index (χ0) is 9.35. The predicted molar refractivity (Wildman–Crippen MR) is 55.3 cm³/mol. The van der Waals surface area contributed by atoms with Gasteiger partial charge in [0.15, 0.2) is 0 Å². The number of hydrogen-bond donors (Lipinski definition) is 0. The molecule has 0 saturated heterocycles. The molecule has 1 rings (SSSR count). The first-order valence-corrected chi connectivity index (χ1v) is 4.69. The zero-order valence-electron chi connectivity index (χ0n) is 6.87. The van der Waals surface area contributed by atoms with Crippen LogP contribution in [0.1, 0.15) is 19.4 Å². The lowest BCUT2D eigenvalue weighted by atomic mass is 10.0. The quantitative estimate of drug-likeness (QED) is 0.616. The van der Waals surface area contributed by atoms with E-state index in [4.69, 9.17) is 34.8 Å². The SMILES string of the molecule is CC(C)(Cl)c1cccc(Cl)c1Cl. The Kier molecular flexibility index (Phi) is 2.92. The van der Waals surface area contributed by atoms with Crippen molar-refractivity contribution in [1.82, 2.24) is 0 Å².